The van der Waals surface area contributed by atoms with Gasteiger partial charge in [-0.3, -0.25) is 0 Å². The summed E-state index contributed by atoms with van der Waals surface area (Å²) in [4.78, 5) is 0. The molecule has 29 heavy (non-hydrogen) atoms. The molecule has 3 rings (SSSR count). The highest BCUT2D eigenvalue weighted by Crippen LogP contribution is 2.39. The Kier molecular flexibility index (Phi) is 5.83. The maximum absolute atomic E-state index is 15.3. The first-order valence-corrected chi connectivity index (χ1v) is 10.5. The van der Waals surface area contributed by atoms with Crippen molar-refractivity contribution in [3.05, 3.63) is 77.8 Å². The molecule has 0 radical (unpaired) electrons. The molecule has 0 aromatic heterocycles. The fourth-order valence-electron chi connectivity index (χ4n) is 3.15. The number of sulfonamides is 1. The Bertz CT molecular complexity index is 1080. The molecule has 0 bridgehead atoms. The van der Waals surface area contributed by atoms with Crippen LogP contribution < -0.4 is 14.4 Å². The van der Waals surface area contributed by atoms with Crippen LogP contribution in [0.15, 0.2) is 66.1 Å². The number of nitrogens with zero attached hydrogens (tertiary/aromatic N) is 1. The Morgan fingerprint density at radius 2 is 1.79 bits per heavy atom. The molecule has 0 fully saturated rings. The zero-order valence-electron chi connectivity index (χ0n) is 15.6. The van der Waals surface area contributed by atoms with E-state index in [1.54, 1.807) is 6.08 Å². The smallest absolute Gasteiger partial charge is 0.310 e. The third-order valence-electron chi connectivity index (χ3n) is 4.70. The van der Waals surface area contributed by atoms with Crippen LogP contribution in [-0.4, -0.2) is 27.3 Å². The molecule has 0 amide bonds. The summed E-state index contributed by atoms with van der Waals surface area (Å²) in [6.07, 6.45) is 3.04. The molecule has 154 valence electrons. The second kappa shape index (κ2) is 8.02. The van der Waals surface area contributed by atoms with Crippen molar-refractivity contribution in [3.8, 4) is 11.5 Å². The standard InChI is InChI=1S/C20H20F3N2O3S/c1-2-29(26,27)25(11-3-4-14(13-24)20(25)23)16-6-8-17(9-7-16)28-19-10-5-15(21)12-18(19)22/h3-10,12H,2,11,13,24H2,1H3/q+1. The van der Waals surface area contributed by atoms with E-state index in [9.17, 15) is 17.2 Å². The molecular formula is C20H20F3N2O3S+. The van der Waals surface area contributed by atoms with E-state index in [4.69, 9.17) is 10.5 Å². The van der Waals surface area contributed by atoms with E-state index < -0.39 is 31.5 Å². The molecule has 1 aliphatic rings. The van der Waals surface area contributed by atoms with Crippen molar-refractivity contribution >= 4 is 15.7 Å². The van der Waals surface area contributed by atoms with Gasteiger partial charge in [-0.25, -0.2) is 8.78 Å². The van der Waals surface area contributed by atoms with Gasteiger partial charge in [-0.05, 0) is 43.3 Å². The lowest BCUT2D eigenvalue weighted by atomic mass is 10.1. The van der Waals surface area contributed by atoms with E-state index in [0.29, 0.717) is 6.07 Å². The van der Waals surface area contributed by atoms with Gasteiger partial charge in [-0.1, -0.05) is 0 Å². The molecule has 1 atom stereocenters. The van der Waals surface area contributed by atoms with Gasteiger partial charge >= 0.3 is 16.0 Å². The minimum Gasteiger partial charge on any atom is -0.454 e. The van der Waals surface area contributed by atoms with Crippen LogP contribution in [0.3, 0.4) is 0 Å². The third kappa shape index (κ3) is 3.68. The number of hydrogen-bond acceptors (Lipinski definition) is 4. The number of hydrogen-bond donors (Lipinski definition) is 1. The van der Waals surface area contributed by atoms with Crippen molar-refractivity contribution in [2.45, 2.75) is 6.92 Å². The van der Waals surface area contributed by atoms with Gasteiger partial charge in [0.05, 0.1) is 11.3 Å². The molecule has 0 aliphatic carbocycles. The number of ether oxygens (including phenoxy) is 1. The molecule has 2 aromatic carbocycles. The highest BCUT2D eigenvalue weighted by atomic mass is 32.2. The highest BCUT2D eigenvalue weighted by molar-refractivity contribution is 7.91. The SMILES string of the molecule is CCS(=O)(=O)[N+]1(c2ccc(Oc3ccc(F)cc3F)cc2)CC=CC(CN)=C1F. The van der Waals surface area contributed by atoms with Crippen molar-refractivity contribution in [1.29, 1.82) is 0 Å². The van der Waals surface area contributed by atoms with E-state index in [1.165, 1.54) is 37.3 Å². The molecule has 9 heteroatoms. The van der Waals surface area contributed by atoms with E-state index in [2.05, 4.69) is 0 Å². The van der Waals surface area contributed by atoms with Gasteiger partial charge in [0.2, 0.25) is 0 Å². The number of nitrogens with two attached hydrogens (primary N) is 1. The summed E-state index contributed by atoms with van der Waals surface area (Å²) in [6, 6.07) is 8.48. The number of rotatable bonds is 6. The fourth-order valence-corrected chi connectivity index (χ4v) is 4.71. The van der Waals surface area contributed by atoms with Crippen LogP contribution >= 0.6 is 0 Å². The van der Waals surface area contributed by atoms with Gasteiger partial charge < -0.3 is 10.5 Å². The van der Waals surface area contributed by atoms with Crippen LogP contribution in [0.2, 0.25) is 0 Å². The van der Waals surface area contributed by atoms with Crippen LogP contribution in [0.4, 0.5) is 18.9 Å². The average Bonchev–Trinajstić information content (AvgIpc) is 2.71. The molecule has 0 saturated carbocycles. The molecular weight excluding hydrogens is 405 g/mol. The maximum atomic E-state index is 15.3. The van der Waals surface area contributed by atoms with Crippen LogP contribution in [0.5, 0.6) is 11.5 Å². The van der Waals surface area contributed by atoms with E-state index in [0.717, 1.165) is 12.1 Å². The largest absolute Gasteiger partial charge is 0.454 e. The molecule has 1 heterocycles. The Hall–Kier alpha value is -2.62. The first kappa shape index (κ1) is 21.1. The zero-order valence-corrected chi connectivity index (χ0v) is 16.4. The number of benzene rings is 2. The highest BCUT2D eigenvalue weighted by Gasteiger charge is 2.49. The van der Waals surface area contributed by atoms with Crippen molar-refractivity contribution in [2.75, 3.05) is 18.8 Å². The van der Waals surface area contributed by atoms with Crippen molar-refractivity contribution in [3.63, 3.8) is 0 Å². The van der Waals surface area contributed by atoms with Crippen LogP contribution in [0.1, 0.15) is 6.92 Å². The molecule has 1 unspecified atom stereocenters. The first-order valence-electron chi connectivity index (χ1n) is 8.85. The summed E-state index contributed by atoms with van der Waals surface area (Å²) in [7, 11) is -3.96. The monoisotopic (exact) mass is 425 g/mol. The quantitative estimate of drug-likeness (QED) is 0.558. The van der Waals surface area contributed by atoms with Gasteiger partial charge in [-0.2, -0.15) is 8.42 Å². The van der Waals surface area contributed by atoms with Gasteiger partial charge in [0.15, 0.2) is 17.3 Å². The summed E-state index contributed by atoms with van der Waals surface area (Å²) in [6.45, 7) is 1.17. The zero-order chi connectivity index (χ0) is 21.2. The summed E-state index contributed by atoms with van der Waals surface area (Å²) < 4.78 is 72.3. The number of quaternary nitrogens is 1. The summed E-state index contributed by atoms with van der Waals surface area (Å²) in [5, 5.41) is 0. The normalized spacial score (nSPS) is 19.5. The van der Waals surface area contributed by atoms with E-state index in [1.807, 2.05) is 0 Å². The number of halogens is 3. The van der Waals surface area contributed by atoms with Gasteiger partial charge in [-0.15, -0.1) is 8.28 Å². The molecule has 0 spiro atoms. The van der Waals surface area contributed by atoms with Crippen molar-refractivity contribution in [1.82, 2.24) is 3.89 Å². The Morgan fingerprint density at radius 1 is 1.10 bits per heavy atom. The van der Waals surface area contributed by atoms with Crippen LogP contribution in [0, 0.1) is 11.6 Å². The second-order valence-electron chi connectivity index (χ2n) is 6.39. The van der Waals surface area contributed by atoms with Gasteiger partial charge in [0, 0.05) is 24.7 Å². The summed E-state index contributed by atoms with van der Waals surface area (Å²) in [5.41, 5.74) is 5.83. The Morgan fingerprint density at radius 3 is 2.38 bits per heavy atom. The summed E-state index contributed by atoms with van der Waals surface area (Å²) >= 11 is 0. The summed E-state index contributed by atoms with van der Waals surface area (Å²) in [5.74, 6) is -2.77. The Balaban J connectivity index is 2.03. The topological polar surface area (TPSA) is 69.4 Å². The lowest BCUT2D eigenvalue weighted by Gasteiger charge is -2.35. The van der Waals surface area contributed by atoms with Gasteiger partial charge in [0.25, 0.3) is 0 Å². The maximum Gasteiger partial charge on any atom is 0.310 e. The van der Waals surface area contributed by atoms with E-state index >= 15 is 4.39 Å². The minimum atomic E-state index is -3.96. The molecule has 2 aromatic rings. The lowest BCUT2D eigenvalue weighted by molar-refractivity contribution is 0.390. The fraction of sp³-hybridized carbons (Fsp3) is 0.200. The van der Waals surface area contributed by atoms with Gasteiger partial charge in [0.1, 0.15) is 18.1 Å². The molecule has 0 saturated heterocycles. The van der Waals surface area contributed by atoms with Crippen molar-refractivity contribution in [2.24, 2.45) is 5.73 Å². The predicted octanol–water partition coefficient (Wildman–Crippen LogP) is 4.12. The lowest BCUT2D eigenvalue weighted by Crippen LogP contribution is -2.54. The third-order valence-corrected chi connectivity index (χ3v) is 6.90. The molecule has 1 aliphatic heterocycles. The van der Waals surface area contributed by atoms with Crippen LogP contribution in [-0.2, 0) is 10.0 Å². The average molecular weight is 425 g/mol. The van der Waals surface area contributed by atoms with Crippen molar-refractivity contribution < 1.29 is 26.3 Å². The molecule has 5 nitrogen and oxygen atoms in total. The molecule has 2 N–H and O–H groups in total. The Labute approximate surface area is 167 Å². The second-order valence-corrected chi connectivity index (χ2v) is 8.75. The predicted molar refractivity (Wildman–Crippen MR) is 105 cm³/mol. The first-order chi connectivity index (χ1) is 13.7. The van der Waals surface area contributed by atoms with Crippen LogP contribution in [0.25, 0.3) is 0 Å². The van der Waals surface area contributed by atoms with E-state index in [-0.39, 0.29) is 41.6 Å². The minimum absolute atomic E-state index is 0.0991.